The van der Waals surface area contributed by atoms with Crippen LogP contribution in [0.3, 0.4) is 0 Å². The number of quaternary nitrogens is 1. The minimum atomic E-state index is -0.618. The Morgan fingerprint density at radius 2 is 1.82 bits per heavy atom. The van der Waals surface area contributed by atoms with E-state index in [-0.39, 0.29) is 11.9 Å². The number of hydrogen-bond acceptors (Lipinski definition) is 4. The molecule has 28 heavy (non-hydrogen) atoms. The van der Waals surface area contributed by atoms with Crippen molar-refractivity contribution in [2.24, 2.45) is 0 Å². The average molecular weight is 388 g/mol. The van der Waals surface area contributed by atoms with E-state index in [0.717, 1.165) is 69.7 Å². The first kappa shape index (κ1) is 19.1. The van der Waals surface area contributed by atoms with E-state index in [1.54, 1.807) is 0 Å². The molecule has 0 unspecified atom stereocenters. The van der Waals surface area contributed by atoms with Crippen molar-refractivity contribution in [1.29, 1.82) is 0 Å². The van der Waals surface area contributed by atoms with Gasteiger partial charge in [-0.25, -0.2) is 9.69 Å². The summed E-state index contributed by atoms with van der Waals surface area (Å²) in [5.41, 5.74) is 0.507. The highest BCUT2D eigenvalue weighted by Gasteiger charge is 2.52. The van der Waals surface area contributed by atoms with Crippen molar-refractivity contribution in [3.8, 4) is 5.75 Å². The average Bonchev–Trinajstić information content (AvgIpc) is 2.94. The predicted molar refractivity (Wildman–Crippen MR) is 107 cm³/mol. The number of imide groups is 1. The van der Waals surface area contributed by atoms with Gasteiger partial charge in [0.2, 0.25) is 0 Å². The molecule has 2 N–H and O–H groups in total. The molecule has 2 aliphatic heterocycles. The van der Waals surface area contributed by atoms with Gasteiger partial charge in [-0.1, -0.05) is 31.4 Å². The Bertz CT molecular complexity index is 724. The van der Waals surface area contributed by atoms with Gasteiger partial charge in [0, 0.05) is 0 Å². The lowest BCUT2D eigenvalue weighted by atomic mass is 9.82. The SMILES string of the molecule is CCOc1ccccc1N1CC[NH+](CN2C(=O)NC3(CCCCC3)C2=O)CC1. The molecule has 2 saturated heterocycles. The standard InChI is InChI=1S/C21H30N4O3/c1-2-28-18-9-5-4-8-17(18)24-14-12-23(13-15-24)16-25-19(26)21(22-20(25)27)10-6-3-7-11-21/h4-5,8-9H,2-3,6-7,10-16H2,1H3,(H,22,27)/p+1. The second-order valence-electron chi connectivity index (χ2n) is 8.10. The molecule has 0 radical (unpaired) electrons. The van der Waals surface area contributed by atoms with Crippen LogP contribution >= 0.6 is 0 Å². The Hall–Kier alpha value is -2.28. The molecule has 4 rings (SSSR count). The third-order valence-corrected chi connectivity index (χ3v) is 6.31. The Labute approximate surface area is 166 Å². The van der Waals surface area contributed by atoms with Gasteiger partial charge in [-0.3, -0.25) is 4.79 Å². The molecule has 0 bridgehead atoms. The first-order chi connectivity index (χ1) is 13.6. The van der Waals surface area contributed by atoms with Crippen molar-refractivity contribution in [3.05, 3.63) is 24.3 Å². The molecule has 0 aromatic heterocycles. The van der Waals surface area contributed by atoms with E-state index in [1.807, 2.05) is 25.1 Å². The number of ether oxygens (including phenoxy) is 1. The lowest BCUT2D eigenvalue weighted by Gasteiger charge is -2.35. The second kappa shape index (κ2) is 7.99. The van der Waals surface area contributed by atoms with Gasteiger partial charge in [0.05, 0.1) is 38.5 Å². The first-order valence-electron chi connectivity index (χ1n) is 10.6. The number of nitrogens with one attached hydrogen (secondary N) is 2. The number of para-hydroxylation sites is 2. The zero-order valence-electron chi connectivity index (χ0n) is 16.7. The molecule has 3 aliphatic rings. The van der Waals surface area contributed by atoms with Crippen LogP contribution in [0.4, 0.5) is 10.5 Å². The summed E-state index contributed by atoms with van der Waals surface area (Å²) < 4.78 is 5.76. The van der Waals surface area contributed by atoms with Crippen LogP contribution in [-0.2, 0) is 4.79 Å². The second-order valence-corrected chi connectivity index (χ2v) is 8.10. The number of rotatable bonds is 5. The van der Waals surface area contributed by atoms with Crippen LogP contribution in [0.25, 0.3) is 0 Å². The van der Waals surface area contributed by atoms with Gasteiger partial charge in [0.25, 0.3) is 5.91 Å². The fourth-order valence-electron chi connectivity index (χ4n) is 4.76. The summed E-state index contributed by atoms with van der Waals surface area (Å²) in [7, 11) is 0. The smallest absolute Gasteiger partial charge is 0.329 e. The van der Waals surface area contributed by atoms with Crippen LogP contribution in [0, 0.1) is 0 Å². The number of hydrogen-bond donors (Lipinski definition) is 2. The maximum absolute atomic E-state index is 13.0. The summed E-state index contributed by atoms with van der Waals surface area (Å²) in [6.45, 7) is 6.66. The Kier molecular flexibility index (Phi) is 5.44. The van der Waals surface area contributed by atoms with Gasteiger partial charge >= 0.3 is 6.03 Å². The van der Waals surface area contributed by atoms with E-state index in [0.29, 0.717) is 13.3 Å². The molecule has 3 amide bonds. The Balaban J connectivity index is 1.36. The number of piperazine rings is 1. The summed E-state index contributed by atoms with van der Waals surface area (Å²) in [5.74, 6) is 0.913. The molecule has 3 fully saturated rings. The molecule has 2 heterocycles. The van der Waals surface area contributed by atoms with Crippen molar-refractivity contribution in [2.75, 3.05) is 44.4 Å². The summed E-state index contributed by atoms with van der Waals surface area (Å²) in [5, 5.41) is 3.01. The monoisotopic (exact) mass is 387 g/mol. The van der Waals surface area contributed by atoms with Crippen molar-refractivity contribution < 1.29 is 19.2 Å². The number of carbonyl (C=O) groups excluding carboxylic acids is 2. The minimum Gasteiger partial charge on any atom is -0.492 e. The van der Waals surface area contributed by atoms with Crippen LogP contribution in [0.15, 0.2) is 24.3 Å². The normalized spacial score (nSPS) is 22.6. The summed E-state index contributed by atoms with van der Waals surface area (Å²) in [6.07, 6.45) is 4.76. The van der Waals surface area contributed by atoms with Crippen molar-refractivity contribution in [1.82, 2.24) is 10.2 Å². The van der Waals surface area contributed by atoms with Gasteiger partial charge in [-0.05, 0) is 31.9 Å². The third kappa shape index (κ3) is 3.55. The van der Waals surface area contributed by atoms with Gasteiger partial charge in [-0.15, -0.1) is 0 Å². The van der Waals surface area contributed by atoms with Crippen molar-refractivity contribution >= 4 is 17.6 Å². The molecule has 7 heteroatoms. The maximum atomic E-state index is 13.0. The summed E-state index contributed by atoms with van der Waals surface area (Å²) >= 11 is 0. The lowest BCUT2D eigenvalue weighted by molar-refractivity contribution is -0.907. The van der Waals surface area contributed by atoms with Gasteiger partial charge < -0.3 is 19.9 Å². The zero-order chi connectivity index (χ0) is 19.6. The quantitative estimate of drug-likeness (QED) is 0.740. The molecule has 1 aromatic rings. The van der Waals surface area contributed by atoms with Gasteiger partial charge in [-0.2, -0.15) is 0 Å². The van der Waals surface area contributed by atoms with E-state index in [9.17, 15) is 9.59 Å². The number of carbonyl (C=O) groups is 2. The zero-order valence-corrected chi connectivity index (χ0v) is 16.7. The number of urea groups is 1. The largest absolute Gasteiger partial charge is 0.492 e. The Morgan fingerprint density at radius 1 is 1.11 bits per heavy atom. The number of nitrogens with zero attached hydrogens (tertiary/aromatic N) is 2. The maximum Gasteiger partial charge on any atom is 0.329 e. The minimum absolute atomic E-state index is 0.00572. The molecule has 7 nitrogen and oxygen atoms in total. The molecule has 0 atom stereocenters. The highest BCUT2D eigenvalue weighted by Crippen LogP contribution is 2.33. The molecule has 1 saturated carbocycles. The number of benzene rings is 1. The van der Waals surface area contributed by atoms with E-state index in [1.165, 1.54) is 9.80 Å². The van der Waals surface area contributed by atoms with E-state index >= 15 is 0 Å². The highest BCUT2D eigenvalue weighted by molar-refractivity contribution is 6.06. The Morgan fingerprint density at radius 3 is 2.54 bits per heavy atom. The van der Waals surface area contributed by atoms with E-state index in [4.69, 9.17) is 4.74 Å². The van der Waals surface area contributed by atoms with Crippen LogP contribution in [-0.4, -0.2) is 61.8 Å². The lowest BCUT2D eigenvalue weighted by Crippen LogP contribution is -3.16. The van der Waals surface area contributed by atoms with Crippen molar-refractivity contribution in [3.63, 3.8) is 0 Å². The summed E-state index contributed by atoms with van der Waals surface area (Å²) in [6, 6.07) is 7.93. The fraction of sp³-hybridized carbons (Fsp3) is 0.619. The van der Waals surface area contributed by atoms with Crippen molar-refractivity contribution in [2.45, 2.75) is 44.6 Å². The first-order valence-corrected chi connectivity index (χ1v) is 10.6. The molecular formula is C21H31N4O3+. The molecule has 1 spiro atoms. The highest BCUT2D eigenvalue weighted by atomic mass is 16.5. The molecule has 1 aromatic carbocycles. The summed E-state index contributed by atoms with van der Waals surface area (Å²) in [4.78, 5) is 30.5. The van der Waals surface area contributed by atoms with Crippen LogP contribution in [0.5, 0.6) is 5.75 Å². The van der Waals surface area contributed by atoms with E-state index < -0.39 is 5.54 Å². The molecular weight excluding hydrogens is 356 g/mol. The number of amides is 3. The van der Waals surface area contributed by atoms with Crippen LogP contribution < -0.4 is 19.9 Å². The van der Waals surface area contributed by atoms with E-state index in [2.05, 4.69) is 16.3 Å². The third-order valence-electron chi connectivity index (χ3n) is 6.31. The van der Waals surface area contributed by atoms with Gasteiger partial charge in [0.15, 0.2) is 6.67 Å². The van der Waals surface area contributed by atoms with Gasteiger partial charge in [0.1, 0.15) is 11.3 Å². The molecule has 1 aliphatic carbocycles. The van der Waals surface area contributed by atoms with Crippen LogP contribution in [0.1, 0.15) is 39.0 Å². The topological polar surface area (TPSA) is 66.3 Å². The fourth-order valence-corrected chi connectivity index (χ4v) is 4.76. The molecule has 152 valence electrons. The van der Waals surface area contributed by atoms with Crippen LogP contribution in [0.2, 0.25) is 0 Å². The number of anilines is 1. The predicted octanol–water partition coefficient (Wildman–Crippen LogP) is 1.00.